The number of morpholine rings is 1. The highest BCUT2D eigenvalue weighted by molar-refractivity contribution is 5.95. The minimum atomic E-state index is -0.0132. The van der Waals surface area contributed by atoms with Crippen molar-refractivity contribution in [2.24, 2.45) is 0 Å². The predicted octanol–water partition coefficient (Wildman–Crippen LogP) is 1.53. The van der Waals surface area contributed by atoms with E-state index in [1.54, 1.807) is 25.3 Å². The lowest BCUT2D eigenvalue weighted by Gasteiger charge is -2.35. The van der Waals surface area contributed by atoms with E-state index in [0.717, 1.165) is 6.42 Å². The molecule has 1 aromatic rings. The van der Waals surface area contributed by atoms with E-state index in [1.807, 2.05) is 4.90 Å². The molecular weight excluding hydrogens is 244 g/mol. The maximum atomic E-state index is 12.5. The fourth-order valence-corrected chi connectivity index (χ4v) is 2.29. The summed E-state index contributed by atoms with van der Waals surface area (Å²) in [4.78, 5) is 14.4. The van der Waals surface area contributed by atoms with Gasteiger partial charge in [0.05, 0.1) is 26.4 Å². The second-order valence-electron chi connectivity index (χ2n) is 4.63. The number of hydrogen-bond acceptors (Lipinski definition) is 4. The van der Waals surface area contributed by atoms with Crippen molar-refractivity contribution in [1.29, 1.82) is 0 Å². The smallest absolute Gasteiger partial charge is 0.254 e. The second kappa shape index (κ2) is 5.93. The van der Waals surface area contributed by atoms with Crippen LogP contribution >= 0.6 is 0 Å². The van der Waals surface area contributed by atoms with Crippen LogP contribution in [0, 0.1) is 0 Å². The molecule has 104 valence electrons. The zero-order valence-electron chi connectivity index (χ0n) is 11.4. The highest BCUT2D eigenvalue weighted by Crippen LogP contribution is 2.22. The quantitative estimate of drug-likeness (QED) is 0.841. The van der Waals surface area contributed by atoms with E-state index in [9.17, 15) is 4.79 Å². The summed E-state index contributed by atoms with van der Waals surface area (Å²) >= 11 is 0. The Balaban J connectivity index is 2.24. The molecule has 1 aliphatic heterocycles. The number of carbonyl (C=O) groups excluding carboxylic acids is 1. The number of rotatable bonds is 3. The van der Waals surface area contributed by atoms with Gasteiger partial charge in [-0.3, -0.25) is 4.79 Å². The van der Waals surface area contributed by atoms with Gasteiger partial charge in [-0.05, 0) is 18.6 Å². The summed E-state index contributed by atoms with van der Waals surface area (Å²) in [6.45, 7) is 3.86. The molecule has 0 bridgehead atoms. The number of nitrogen functional groups attached to an aromatic ring is 1. The van der Waals surface area contributed by atoms with Gasteiger partial charge in [0.25, 0.3) is 5.91 Å². The highest BCUT2D eigenvalue weighted by Gasteiger charge is 2.27. The third kappa shape index (κ3) is 2.98. The Bertz CT molecular complexity index is 462. The molecule has 0 spiro atoms. The Kier molecular flexibility index (Phi) is 4.27. The lowest BCUT2D eigenvalue weighted by molar-refractivity contribution is -0.00280. The molecular formula is C14H20N2O3. The predicted molar refractivity (Wildman–Crippen MR) is 73.3 cm³/mol. The number of ether oxygens (including phenoxy) is 2. The van der Waals surface area contributed by atoms with Crippen molar-refractivity contribution in [1.82, 2.24) is 4.90 Å². The number of benzene rings is 1. The maximum Gasteiger partial charge on any atom is 0.254 e. The first-order valence-corrected chi connectivity index (χ1v) is 6.49. The van der Waals surface area contributed by atoms with Crippen LogP contribution in [0.25, 0.3) is 0 Å². The van der Waals surface area contributed by atoms with Crippen molar-refractivity contribution < 1.29 is 14.3 Å². The van der Waals surface area contributed by atoms with E-state index in [4.69, 9.17) is 15.2 Å². The lowest BCUT2D eigenvalue weighted by atomic mass is 10.1. The lowest BCUT2D eigenvalue weighted by Crippen LogP contribution is -2.48. The van der Waals surface area contributed by atoms with Crippen LogP contribution in [0.15, 0.2) is 18.2 Å². The van der Waals surface area contributed by atoms with Gasteiger partial charge in [0.2, 0.25) is 0 Å². The van der Waals surface area contributed by atoms with Crippen LogP contribution in [0.2, 0.25) is 0 Å². The van der Waals surface area contributed by atoms with E-state index in [0.29, 0.717) is 36.8 Å². The maximum absolute atomic E-state index is 12.5. The first-order valence-electron chi connectivity index (χ1n) is 6.49. The summed E-state index contributed by atoms with van der Waals surface area (Å²) in [5.74, 6) is 0.588. The zero-order chi connectivity index (χ0) is 13.8. The Morgan fingerprint density at radius 2 is 2.32 bits per heavy atom. The summed E-state index contributed by atoms with van der Waals surface area (Å²) in [5, 5.41) is 0. The Labute approximate surface area is 113 Å². The third-order valence-electron chi connectivity index (χ3n) is 3.37. The van der Waals surface area contributed by atoms with E-state index in [2.05, 4.69) is 6.92 Å². The van der Waals surface area contributed by atoms with E-state index in [1.165, 1.54) is 0 Å². The third-order valence-corrected chi connectivity index (χ3v) is 3.37. The molecule has 0 aliphatic carbocycles. The van der Waals surface area contributed by atoms with Gasteiger partial charge in [-0.25, -0.2) is 0 Å². The number of methoxy groups -OCH3 is 1. The van der Waals surface area contributed by atoms with Crippen LogP contribution in [0.5, 0.6) is 5.75 Å². The number of nitrogens with zero attached hydrogens (tertiary/aromatic N) is 1. The van der Waals surface area contributed by atoms with Crippen LogP contribution in [0.1, 0.15) is 23.7 Å². The fourth-order valence-electron chi connectivity index (χ4n) is 2.29. The summed E-state index contributed by atoms with van der Waals surface area (Å²) in [6, 6.07) is 5.25. The topological polar surface area (TPSA) is 64.8 Å². The average molecular weight is 264 g/mol. The zero-order valence-corrected chi connectivity index (χ0v) is 11.4. The molecule has 1 saturated heterocycles. The van der Waals surface area contributed by atoms with Crippen LogP contribution < -0.4 is 10.5 Å². The largest absolute Gasteiger partial charge is 0.497 e. The first-order chi connectivity index (χ1) is 9.15. The molecule has 1 aromatic carbocycles. The van der Waals surface area contributed by atoms with Crippen LogP contribution in [-0.2, 0) is 4.74 Å². The van der Waals surface area contributed by atoms with Crippen LogP contribution in [0.3, 0.4) is 0 Å². The second-order valence-corrected chi connectivity index (χ2v) is 4.63. The van der Waals surface area contributed by atoms with E-state index < -0.39 is 0 Å². The van der Waals surface area contributed by atoms with Crippen LogP contribution in [-0.4, -0.2) is 43.7 Å². The number of anilines is 1. The molecule has 0 radical (unpaired) electrons. The highest BCUT2D eigenvalue weighted by atomic mass is 16.5. The van der Waals surface area contributed by atoms with Gasteiger partial charge in [0.15, 0.2) is 0 Å². The molecule has 5 nitrogen and oxygen atoms in total. The Hall–Kier alpha value is -1.75. The van der Waals surface area contributed by atoms with Gasteiger partial charge < -0.3 is 20.1 Å². The van der Waals surface area contributed by atoms with Gasteiger partial charge in [-0.1, -0.05) is 6.92 Å². The minimum absolute atomic E-state index is 0.0132. The first kappa shape index (κ1) is 13.7. The molecule has 0 aromatic heterocycles. The van der Waals surface area contributed by atoms with Crippen molar-refractivity contribution in [3.63, 3.8) is 0 Å². The molecule has 1 aliphatic rings. The summed E-state index contributed by atoms with van der Waals surface area (Å²) in [5.41, 5.74) is 6.89. The van der Waals surface area contributed by atoms with Crippen molar-refractivity contribution in [3.05, 3.63) is 23.8 Å². The summed E-state index contributed by atoms with van der Waals surface area (Å²) in [7, 11) is 1.56. The standard InChI is InChI=1S/C14H20N2O3/c1-3-12-9-19-5-4-16(12)14(17)10-6-11(15)8-13(7-10)18-2/h6-8,12H,3-5,9,15H2,1-2H3. The van der Waals surface area contributed by atoms with E-state index in [-0.39, 0.29) is 11.9 Å². The summed E-state index contributed by atoms with van der Waals surface area (Å²) < 4.78 is 10.6. The molecule has 1 amide bonds. The molecule has 1 atom stereocenters. The normalized spacial score (nSPS) is 19.3. The molecule has 0 saturated carbocycles. The van der Waals surface area contributed by atoms with Crippen molar-refractivity contribution in [2.45, 2.75) is 19.4 Å². The van der Waals surface area contributed by atoms with Gasteiger partial charge in [0.1, 0.15) is 5.75 Å². The number of carbonyl (C=O) groups is 1. The molecule has 2 rings (SSSR count). The molecule has 1 heterocycles. The van der Waals surface area contributed by atoms with Gasteiger partial charge >= 0.3 is 0 Å². The van der Waals surface area contributed by atoms with Gasteiger partial charge in [-0.15, -0.1) is 0 Å². The fraction of sp³-hybridized carbons (Fsp3) is 0.500. The molecule has 2 N–H and O–H groups in total. The Morgan fingerprint density at radius 3 is 3.00 bits per heavy atom. The molecule has 1 fully saturated rings. The van der Waals surface area contributed by atoms with Crippen molar-refractivity contribution >= 4 is 11.6 Å². The SMILES string of the molecule is CCC1COCCN1C(=O)c1cc(N)cc(OC)c1. The monoisotopic (exact) mass is 264 g/mol. The number of hydrogen-bond donors (Lipinski definition) is 1. The van der Waals surface area contributed by atoms with Crippen molar-refractivity contribution in [2.75, 3.05) is 32.6 Å². The Morgan fingerprint density at radius 1 is 1.53 bits per heavy atom. The number of amides is 1. The minimum Gasteiger partial charge on any atom is -0.497 e. The van der Waals surface area contributed by atoms with Gasteiger partial charge in [0, 0.05) is 23.9 Å². The van der Waals surface area contributed by atoms with Crippen molar-refractivity contribution in [3.8, 4) is 5.75 Å². The molecule has 1 unspecified atom stereocenters. The number of nitrogens with two attached hydrogens (primary N) is 1. The van der Waals surface area contributed by atoms with Gasteiger partial charge in [-0.2, -0.15) is 0 Å². The molecule has 19 heavy (non-hydrogen) atoms. The van der Waals surface area contributed by atoms with E-state index >= 15 is 0 Å². The molecule has 5 heteroatoms. The summed E-state index contributed by atoms with van der Waals surface area (Å²) in [6.07, 6.45) is 0.880. The average Bonchev–Trinajstić information content (AvgIpc) is 2.45. The van der Waals surface area contributed by atoms with Crippen LogP contribution in [0.4, 0.5) is 5.69 Å².